The zero-order valence-electron chi connectivity index (χ0n) is 17.1. The molecule has 2 aromatic carbocycles. The van der Waals surface area contributed by atoms with E-state index in [1.807, 2.05) is 13.8 Å². The highest BCUT2D eigenvalue weighted by molar-refractivity contribution is 5.91. The van der Waals surface area contributed by atoms with Crippen LogP contribution in [0.1, 0.15) is 41.9 Å². The van der Waals surface area contributed by atoms with Gasteiger partial charge in [-0.05, 0) is 38.5 Å². The minimum Gasteiger partial charge on any atom is -0.348 e. The summed E-state index contributed by atoms with van der Waals surface area (Å²) in [4.78, 5) is 38.7. The van der Waals surface area contributed by atoms with Crippen LogP contribution in [0.3, 0.4) is 0 Å². The Labute approximate surface area is 172 Å². The molecule has 0 saturated heterocycles. The van der Waals surface area contributed by atoms with Gasteiger partial charge in [0.25, 0.3) is 11.5 Å². The maximum Gasteiger partial charge on any atom is 0.352 e. The van der Waals surface area contributed by atoms with Gasteiger partial charge in [0.15, 0.2) is 0 Å². The van der Waals surface area contributed by atoms with E-state index in [0.29, 0.717) is 12.1 Å². The number of carbonyl (C=O) groups excluding carboxylic acids is 1. The molecular formula is C22H23FN4O3. The van der Waals surface area contributed by atoms with Gasteiger partial charge in [0.2, 0.25) is 5.69 Å². The molecule has 1 heterocycles. The second-order valence-electron chi connectivity index (χ2n) is 7.14. The molecule has 0 aliphatic rings. The summed E-state index contributed by atoms with van der Waals surface area (Å²) in [5.41, 5.74) is -0.523. The number of rotatable bonds is 6. The highest BCUT2D eigenvalue weighted by atomic mass is 19.1. The van der Waals surface area contributed by atoms with Crippen molar-refractivity contribution < 1.29 is 9.18 Å². The number of halogens is 1. The minimum absolute atomic E-state index is 0.159. The Morgan fingerprint density at radius 3 is 2.43 bits per heavy atom. The molecule has 8 heteroatoms. The molecule has 3 aromatic rings. The molecule has 0 aliphatic carbocycles. The zero-order valence-corrected chi connectivity index (χ0v) is 17.1. The first-order valence-electron chi connectivity index (χ1n) is 9.67. The van der Waals surface area contributed by atoms with Crippen molar-refractivity contribution >= 4 is 5.91 Å². The first kappa shape index (κ1) is 21.2. The number of nitrogens with zero attached hydrogens (tertiary/aromatic N) is 3. The first-order chi connectivity index (χ1) is 14.3. The van der Waals surface area contributed by atoms with E-state index in [4.69, 9.17) is 0 Å². The van der Waals surface area contributed by atoms with Crippen LogP contribution in [0.4, 0.5) is 4.39 Å². The van der Waals surface area contributed by atoms with E-state index in [-0.39, 0.29) is 18.2 Å². The van der Waals surface area contributed by atoms with E-state index in [0.717, 1.165) is 14.8 Å². The first-order valence-corrected chi connectivity index (χ1v) is 9.67. The molecule has 1 unspecified atom stereocenters. The summed E-state index contributed by atoms with van der Waals surface area (Å²) in [6, 6.07) is 12.6. The lowest BCUT2D eigenvalue weighted by Gasteiger charge is -2.14. The highest BCUT2D eigenvalue weighted by Gasteiger charge is 2.21. The van der Waals surface area contributed by atoms with E-state index in [9.17, 15) is 18.8 Å². The van der Waals surface area contributed by atoms with Crippen LogP contribution in [0.2, 0.25) is 0 Å². The molecule has 1 amide bonds. The molecular weight excluding hydrogens is 387 g/mol. The van der Waals surface area contributed by atoms with Gasteiger partial charge in [0.1, 0.15) is 5.82 Å². The van der Waals surface area contributed by atoms with Crippen LogP contribution in [-0.2, 0) is 6.54 Å². The Bertz CT molecular complexity index is 1180. The Hall–Kier alpha value is -3.55. The fourth-order valence-corrected chi connectivity index (χ4v) is 2.84. The number of benzene rings is 2. The van der Waals surface area contributed by atoms with Gasteiger partial charge in [0.05, 0.1) is 12.2 Å². The molecule has 1 N–H and O–H groups in total. The number of hydrogen-bond acceptors (Lipinski definition) is 4. The number of carbonyl (C=O) groups is 1. The third kappa shape index (κ3) is 4.37. The van der Waals surface area contributed by atoms with Crippen molar-refractivity contribution in [3.05, 3.63) is 92.0 Å². The van der Waals surface area contributed by atoms with Gasteiger partial charge in [0, 0.05) is 11.6 Å². The summed E-state index contributed by atoms with van der Waals surface area (Å²) < 4.78 is 16.0. The van der Waals surface area contributed by atoms with E-state index >= 15 is 0 Å². The van der Waals surface area contributed by atoms with E-state index in [1.165, 1.54) is 18.2 Å². The Kier molecular flexibility index (Phi) is 6.25. The molecule has 156 valence electrons. The summed E-state index contributed by atoms with van der Waals surface area (Å²) in [6.45, 7) is 5.26. The maximum absolute atomic E-state index is 14.2. The molecule has 0 spiro atoms. The fraction of sp³-hybridized carbons (Fsp3) is 0.273. The van der Waals surface area contributed by atoms with Crippen molar-refractivity contribution in [1.29, 1.82) is 0 Å². The summed E-state index contributed by atoms with van der Waals surface area (Å²) in [5.74, 6) is -1.23. The summed E-state index contributed by atoms with van der Waals surface area (Å²) in [5, 5.41) is 6.74. The Morgan fingerprint density at radius 1 is 1.13 bits per heavy atom. The van der Waals surface area contributed by atoms with Crippen LogP contribution in [0.5, 0.6) is 0 Å². The molecule has 1 atom stereocenters. The van der Waals surface area contributed by atoms with Crippen LogP contribution < -0.4 is 16.6 Å². The van der Waals surface area contributed by atoms with Crippen molar-refractivity contribution in [1.82, 2.24) is 19.7 Å². The van der Waals surface area contributed by atoms with Crippen LogP contribution >= 0.6 is 0 Å². The highest BCUT2D eigenvalue weighted by Crippen LogP contribution is 2.08. The molecule has 7 nitrogen and oxygen atoms in total. The van der Waals surface area contributed by atoms with E-state index in [2.05, 4.69) is 10.4 Å². The molecule has 1 aromatic heterocycles. The van der Waals surface area contributed by atoms with Gasteiger partial charge in [-0.2, -0.15) is 9.78 Å². The Balaban J connectivity index is 2.20. The standard InChI is InChI=1S/C22H23FN4O3/c1-4-15(3)24-20(28)19-21(29)26(13-16-7-5-6-8-18(16)23)22(30)27(25-19)17-11-9-14(2)10-12-17/h5-12,15H,4,13H2,1-3H3,(H,24,28). The maximum atomic E-state index is 14.2. The van der Waals surface area contributed by atoms with Crippen molar-refractivity contribution in [3.63, 3.8) is 0 Å². The summed E-state index contributed by atoms with van der Waals surface area (Å²) in [6.07, 6.45) is 0.659. The molecule has 0 radical (unpaired) electrons. The molecule has 0 fully saturated rings. The van der Waals surface area contributed by atoms with Gasteiger partial charge < -0.3 is 5.32 Å². The van der Waals surface area contributed by atoms with E-state index < -0.39 is 28.7 Å². The number of hydrogen-bond donors (Lipinski definition) is 1. The lowest BCUT2D eigenvalue weighted by molar-refractivity contribution is 0.0929. The second-order valence-corrected chi connectivity index (χ2v) is 7.14. The minimum atomic E-state index is -0.868. The quantitative estimate of drug-likeness (QED) is 0.676. The van der Waals surface area contributed by atoms with Crippen molar-refractivity contribution in [2.75, 3.05) is 0 Å². The third-order valence-corrected chi connectivity index (χ3v) is 4.83. The molecule has 0 saturated carbocycles. The fourth-order valence-electron chi connectivity index (χ4n) is 2.84. The smallest absolute Gasteiger partial charge is 0.348 e. The zero-order chi connectivity index (χ0) is 21.8. The predicted octanol–water partition coefficient (Wildman–Crippen LogP) is 2.42. The van der Waals surface area contributed by atoms with Gasteiger partial charge in [-0.1, -0.05) is 42.8 Å². The normalized spacial score (nSPS) is 11.9. The lowest BCUT2D eigenvalue weighted by Crippen LogP contribution is -2.47. The molecule has 0 bridgehead atoms. The van der Waals surface area contributed by atoms with Crippen LogP contribution in [0.25, 0.3) is 5.69 Å². The van der Waals surface area contributed by atoms with Crippen LogP contribution in [0.15, 0.2) is 58.1 Å². The predicted molar refractivity (Wildman–Crippen MR) is 112 cm³/mol. The summed E-state index contributed by atoms with van der Waals surface area (Å²) in [7, 11) is 0. The monoisotopic (exact) mass is 410 g/mol. The number of amides is 1. The largest absolute Gasteiger partial charge is 0.352 e. The number of aromatic nitrogens is 3. The van der Waals surface area contributed by atoms with Crippen molar-refractivity contribution in [2.45, 2.75) is 39.8 Å². The number of nitrogens with one attached hydrogen (secondary N) is 1. The van der Waals surface area contributed by atoms with Gasteiger partial charge in [-0.25, -0.2) is 9.18 Å². The Morgan fingerprint density at radius 2 is 1.80 bits per heavy atom. The second kappa shape index (κ2) is 8.86. The van der Waals surface area contributed by atoms with Gasteiger partial charge in [-0.15, -0.1) is 0 Å². The van der Waals surface area contributed by atoms with Gasteiger partial charge >= 0.3 is 5.69 Å². The average molecular weight is 410 g/mol. The SMILES string of the molecule is CCC(C)NC(=O)c1nn(-c2ccc(C)cc2)c(=O)n(Cc2ccccc2F)c1=O. The van der Waals surface area contributed by atoms with Crippen molar-refractivity contribution in [3.8, 4) is 5.69 Å². The molecule has 30 heavy (non-hydrogen) atoms. The lowest BCUT2D eigenvalue weighted by atomic mass is 10.2. The molecule has 3 rings (SSSR count). The number of aryl methyl sites for hydroxylation is 1. The third-order valence-electron chi connectivity index (χ3n) is 4.83. The van der Waals surface area contributed by atoms with E-state index in [1.54, 1.807) is 37.3 Å². The van der Waals surface area contributed by atoms with Gasteiger partial charge in [-0.3, -0.25) is 14.2 Å². The topological polar surface area (TPSA) is 86.0 Å². The average Bonchev–Trinajstić information content (AvgIpc) is 2.73. The van der Waals surface area contributed by atoms with Crippen molar-refractivity contribution in [2.24, 2.45) is 0 Å². The molecule has 0 aliphatic heterocycles. The van der Waals surface area contributed by atoms with Crippen LogP contribution in [-0.4, -0.2) is 26.3 Å². The summed E-state index contributed by atoms with van der Waals surface area (Å²) >= 11 is 0. The van der Waals surface area contributed by atoms with Crippen LogP contribution in [0, 0.1) is 12.7 Å².